The molecule has 3 aliphatic rings. The zero-order valence-corrected chi connectivity index (χ0v) is 17.9. The second kappa shape index (κ2) is 7.38. The molecule has 1 aliphatic heterocycles. The van der Waals surface area contributed by atoms with Crippen LogP contribution in [0.5, 0.6) is 5.75 Å². The summed E-state index contributed by atoms with van der Waals surface area (Å²) >= 11 is 2.38. The van der Waals surface area contributed by atoms with Gasteiger partial charge in [0.05, 0.1) is 7.11 Å². The highest BCUT2D eigenvalue weighted by molar-refractivity contribution is 14.1. The fraction of sp³-hybridized carbons (Fsp3) is 0.727. The summed E-state index contributed by atoms with van der Waals surface area (Å²) in [4.78, 5) is 2.86. The van der Waals surface area contributed by atoms with Crippen LogP contribution in [0, 0.1) is 14.9 Å². The van der Waals surface area contributed by atoms with Crippen molar-refractivity contribution in [3.8, 4) is 5.75 Å². The van der Waals surface area contributed by atoms with Crippen molar-refractivity contribution in [2.75, 3.05) is 20.2 Å². The molecule has 3 heteroatoms. The summed E-state index contributed by atoms with van der Waals surface area (Å²) in [5.74, 6) is 2.76. The minimum atomic E-state index is 0.592. The van der Waals surface area contributed by atoms with Crippen LogP contribution < -0.4 is 4.74 Å². The Bertz CT molecular complexity index is 610. The van der Waals surface area contributed by atoms with Crippen molar-refractivity contribution in [1.29, 1.82) is 0 Å². The molecule has 3 fully saturated rings. The van der Waals surface area contributed by atoms with Crippen LogP contribution in [0.4, 0.5) is 0 Å². The zero-order valence-electron chi connectivity index (χ0n) is 15.8. The number of halogens is 1. The van der Waals surface area contributed by atoms with Crippen LogP contribution in [0.25, 0.3) is 0 Å². The SMILES string of the molecule is COc1cc(I)ccc1C1CCN([C@@H]2C[C@@H]3CCCC[C@@]2(C)C3)CC1. The summed E-state index contributed by atoms with van der Waals surface area (Å²) in [6.45, 7) is 5.14. The maximum absolute atomic E-state index is 5.67. The number of benzene rings is 1. The summed E-state index contributed by atoms with van der Waals surface area (Å²) in [5, 5.41) is 0. The molecule has 1 heterocycles. The van der Waals surface area contributed by atoms with Crippen molar-refractivity contribution >= 4 is 22.6 Å². The molecular formula is C22H32INO. The molecule has 2 aliphatic carbocycles. The van der Waals surface area contributed by atoms with Crippen molar-refractivity contribution in [3.63, 3.8) is 0 Å². The molecule has 0 unspecified atom stereocenters. The van der Waals surface area contributed by atoms with Gasteiger partial charge in [-0.25, -0.2) is 0 Å². The number of nitrogens with zero attached hydrogens (tertiary/aromatic N) is 1. The highest BCUT2D eigenvalue weighted by Gasteiger charge is 2.47. The first-order valence-electron chi connectivity index (χ1n) is 10.2. The van der Waals surface area contributed by atoms with Crippen molar-refractivity contribution in [2.24, 2.45) is 11.3 Å². The molecule has 0 aromatic heterocycles. The molecule has 0 N–H and O–H groups in total. The molecule has 0 radical (unpaired) electrons. The monoisotopic (exact) mass is 453 g/mol. The van der Waals surface area contributed by atoms with Gasteiger partial charge in [0.25, 0.3) is 0 Å². The molecular weight excluding hydrogens is 421 g/mol. The van der Waals surface area contributed by atoms with Crippen LogP contribution in [-0.2, 0) is 0 Å². The van der Waals surface area contributed by atoms with Crippen molar-refractivity contribution < 1.29 is 4.74 Å². The van der Waals surface area contributed by atoms with Crippen molar-refractivity contribution in [1.82, 2.24) is 4.90 Å². The van der Waals surface area contributed by atoms with Gasteiger partial charge < -0.3 is 4.74 Å². The summed E-state index contributed by atoms with van der Waals surface area (Å²) in [7, 11) is 1.81. The Morgan fingerprint density at radius 1 is 1.16 bits per heavy atom. The maximum atomic E-state index is 5.67. The van der Waals surface area contributed by atoms with Gasteiger partial charge in [0.15, 0.2) is 0 Å². The number of hydrogen-bond donors (Lipinski definition) is 0. The molecule has 1 aromatic carbocycles. The van der Waals surface area contributed by atoms with Crippen LogP contribution in [0.15, 0.2) is 18.2 Å². The average Bonchev–Trinajstić information content (AvgIpc) is 2.82. The average molecular weight is 453 g/mol. The second-order valence-electron chi connectivity index (χ2n) is 8.92. The molecule has 1 aromatic rings. The van der Waals surface area contributed by atoms with Gasteiger partial charge in [0.2, 0.25) is 0 Å². The van der Waals surface area contributed by atoms with Gasteiger partial charge in [-0.2, -0.15) is 0 Å². The Labute approximate surface area is 166 Å². The van der Waals surface area contributed by atoms with E-state index in [4.69, 9.17) is 4.74 Å². The predicted octanol–water partition coefficient (Wildman–Crippen LogP) is 5.84. The number of fused-ring (bicyclic) bond motifs is 2. The van der Waals surface area contributed by atoms with Gasteiger partial charge in [-0.05, 0) is 103 Å². The Balaban J connectivity index is 1.44. The van der Waals surface area contributed by atoms with E-state index in [0.29, 0.717) is 11.3 Å². The van der Waals surface area contributed by atoms with E-state index in [0.717, 1.165) is 17.7 Å². The molecule has 25 heavy (non-hydrogen) atoms. The molecule has 3 atom stereocenters. The smallest absolute Gasteiger partial charge is 0.123 e. The second-order valence-corrected chi connectivity index (χ2v) is 10.2. The topological polar surface area (TPSA) is 12.5 Å². The lowest BCUT2D eigenvalue weighted by molar-refractivity contribution is 0.0681. The van der Waals surface area contributed by atoms with E-state index in [1.54, 1.807) is 0 Å². The first kappa shape index (κ1) is 18.1. The molecule has 0 spiro atoms. The maximum Gasteiger partial charge on any atom is 0.123 e. The highest BCUT2D eigenvalue weighted by atomic mass is 127. The van der Waals surface area contributed by atoms with Gasteiger partial charge in [-0.1, -0.05) is 32.3 Å². The number of methoxy groups -OCH3 is 1. The highest BCUT2D eigenvalue weighted by Crippen LogP contribution is 2.52. The van der Waals surface area contributed by atoms with E-state index in [-0.39, 0.29) is 0 Å². The van der Waals surface area contributed by atoms with Gasteiger partial charge in [-0.3, -0.25) is 4.90 Å². The number of piperidine rings is 1. The fourth-order valence-corrected chi connectivity index (χ4v) is 6.53. The minimum Gasteiger partial charge on any atom is -0.496 e. The third-order valence-corrected chi connectivity index (χ3v) is 8.00. The number of ether oxygens (including phenoxy) is 1. The third-order valence-electron chi connectivity index (χ3n) is 7.33. The van der Waals surface area contributed by atoms with Gasteiger partial charge >= 0.3 is 0 Å². The van der Waals surface area contributed by atoms with E-state index in [1.807, 2.05) is 7.11 Å². The van der Waals surface area contributed by atoms with Crippen LogP contribution >= 0.6 is 22.6 Å². The molecule has 0 amide bonds. The Kier molecular flexibility index (Phi) is 5.34. The third kappa shape index (κ3) is 3.60. The summed E-state index contributed by atoms with van der Waals surface area (Å²) < 4.78 is 6.94. The van der Waals surface area contributed by atoms with Crippen molar-refractivity contribution in [3.05, 3.63) is 27.3 Å². The largest absolute Gasteiger partial charge is 0.496 e. The molecule has 2 saturated carbocycles. The Hall–Kier alpha value is -0.290. The number of likely N-dealkylation sites (tertiary alicyclic amines) is 1. The quantitative estimate of drug-likeness (QED) is 0.534. The summed E-state index contributed by atoms with van der Waals surface area (Å²) in [6.07, 6.45) is 11.4. The molecule has 4 rings (SSSR count). The number of rotatable bonds is 3. The van der Waals surface area contributed by atoms with Crippen LogP contribution in [0.1, 0.15) is 69.8 Å². The predicted molar refractivity (Wildman–Crippen MR) is 112 cm³/mol. The molecule has 2 nitrogen and oxygen atoms in total. The summed E-state index contributed by atoms with van der Waals surface area (Å²) in [6, 6.07) is 7.56. The molecule has 1 saturated heterocycles. The number of hydrogen-bond acceptors (Lipinski definition) is 2. The Morgan fingerprint density at radius 2 is 1.96 bits per heavy atom. The molecule has 138 valence electrons. The van der Waals surface area contributed by atoms with Crippen LogP contribution in [0.3, 0.4) is 0 Å². The van der Waals surface area contributed by atoms with Crippen molar-refractivity contribution in [2.45, 2.75) is 70.3 Å². The Morgan fingerprint density at radius 3 is 2.72 bits per heavy atom. The summed E-state index contributed by atoms with van der Waals surface area (Å²) in [5.41, 5.74) is 2.02. The van der Waals surface area contributed by atoms with E-state index < -0.39 is 0 Å². The van der Waals surface area contributed by atoms with Gasteiger partial charge in [-0.15, -0.1) is 0 Å². The first-order valence-corrected chi connectivity index (χ1v) is 11.2. The van der Waals surface area contributed by atoms with E-state index in [1.165, 1.54) is 73.6 Å². The lowest BCUT2D eigenvalue weighted by Gasteiger charge is -2.43. The normalized spacial score (nSPS) is 34.0. The van der Waals surface area contributed by atoms with E-state index >= 15 is 0 Å². The lowest BCUT2D eigenvalue weighted by atomic mass is 9.78. The fourth-order valence-electron chi connectivity index (χ4n) is 6.06. The first-order chi connectivity index (χ1) is 12.1. The van der Waals surface area contributed by atoms with Crippen LogP contribution in [0.2, 0.25) is 0 Å². The van der Waals surface area contributed by atoms with Gasteiger partial charge in [0, 0.05) is 9.61 Å². The standard InChI is InChI=1S/C22H32INO/c1-22-10-4-3-5-16(15-22)13-21(22)24-11-8-17(9-12-24)19-7-6-18(23)14-20(19)25-2/h6-7,14,16-17,21H,3-5,8-13,15H2,1-2H3/t16-,21+,22-/m0/s1. The molecule has 2 bridgehead atoms. The van der Waals surface area contributed by atoms with E-state index in [9.17, 15) is 0 Å². The van der Waals surface area contributed by atoms with Gasteiger partial charge in [0.1, 0.15) is 5.75 Å². The lowest BCUT2D eigenvalue weighted by Crippen LogP contribution is -2.47. The zero-order chi connectivity index (χ0) is 17.4. The van der Waals surface area contributed by atoms with Crippen LogP contribution in [-0.4, -0.2) is 31.1 Å². The minimum absolute atomic E-state index is 0.592. The van der Waals surface area contributed by atoms with E-state index in [2.05, 4.69) is 52.6 Å².